The predicted octanol–water partition coefficient (Wildman–Crippen LogP) is 1.17. The minimum atomic E-state index is 0.543. The highest BCUT2D eigenvalue weighted by Gasteiger charge is 2.14. The number of amidine groups is 1. The molecule has 3 nitrogen and oxygen atoms in total. The van der Waals surface area contributed by atoms with E-state index in [0.717, 1.165) is 31.8 Å². The van der Waals surface area contributed by atoms with Crippen LogP contribution in [0.1, 0.15) is 0 Å². The molecule has 1 aliphatic heterocycles. The standard InChI is InChI=1S/C11H17N3/c1-3-5-10(4-2)11(12)14-8-6-13-7-9-14/h3-5,12-13H,1-2,6-9H2/b10-5+,12-11?. The van der Waals surface area contributed by atoms with Crippen molar-refractivity contribution in [3.63, 3.8) is 0 Å². The smallest absolute Gasteiger partial charge is 0.128 e. The maximum atomic E-state index is 7.95. The van der Waals surface area contributed by atoms with Gasteiger partial charge in [0.2, 0.25) is 0 Å². The zero-order valence-corrected chi connectivity index (χ0v) is 8.42. The second-order valence-electron chi connectivity index (χ2n) is 3.15. The SMILES string of the molecule is C=C/C=C(\C=C)C(=N)N1CCNCC1. The van der Waals surface area contributed by atoms with Crippen LogP contribution in [0.15, 0.2) is 37.0 Å². The number of nitrogens with one attached hydrogen (secondary N) is 2. The third-order valence-corrected chi connectivity index (χ3v) is 2.22. The van der Waals surface area contributed by atoms with E-state index < -0.39 is 0 Å². The number of hydrogen-bond donors (Lipinski definition) is 2. The highest BCUT2D eigenvalue weighted by Crippen LogP contribution is 2.05. The van der Waals surface area contributed by atoms with Crippen LogP contribution in [-0.4, -0.2) is 36.9 Å². The molecule has 0 unspecified atom stereocenters. The minimum Gasteiger partial charge on any atom is -0.354 e. The first-order chi connectivity index (χ1) is 6.79. The number of allylic oxidation sites excluding steroid dienone is 2. The molecule has 1 heterocycles. The normalized spacial score (nSPS) is 17.7. The van der Waals surface area contributed by atoms with Crippen LogP contribution in [0.4, 0.5) is 0 Å². The van der Waals surface area contributed by atoms with Crippen molar-refractivity contribution in [2.75, 3.05) is 26.2 Å². The molecule has 0 saturated carbocycles. The van der Waals surface area contributed by atoms with E-state index in [9.17, 15) is 0 Å². The van der Waals surface area contributed by atoms with Crippen LogP contribution in [0.25, 0.3) is 0 Å². The van der Waals surface area contributed by atoms with Gasteiger partial charge in [0.25, 0.3) is 0 Å². The summed E-state index contributed by atoms with van der Waals surface area (Å²) >= 11 is 0. The van der Waals surface area contributed by atoms with Crippen LogP contribution in [-0.2, 0) is 0 Å². The van der Waals surface area contributed by atoms with Crippen LogP contribution in [0.5, 0.6) is 0 Å². The van der Waals surface area contributed by atoms with Gasteiger partial charge < -0.3 is 10.2 Å². The summed E-state index contributed by atoms with van der Waals surface area (Å²) in [6.07, 6.45) is 5.21. The summed E-state index contributed by atoms with van der Waals surface area (Å²) in [7, 11) is 0. The van der Waals surface area contributed by atoms with E-state index in [1.807, 2.05) is 11.0 Å². The molecule has 1 aliphatic rings. The summed E-state index contributed by atoms with van der Waals surface area (Å²) < 4.78 is 0. The highest BCUT2D eigenvalue weighted by molar-refractivity contribution is 5.98. The van der Waals surface area contributed by atoms with Crippen LogP contribution in [0, 0.1) is 5.41 Å². The lowest BCUT2D eigenvalue weighted by Crippen LogP contribution is -2.46. The molecular formula is C11H17N3. The number of piperazine rings is 1. The molecule has 0 aliphatic carbocycles. The molecule has 0 aromatic heterocycles. The maximum absolute atomic E-state index is 7.95. The Morgan fingerprint density at radius 1 is 1.29 bits per heavy atom. The first-order valence-corrected chi connectivity index (χ1v) is 4.79. The molecule has 1 rings (SSSR count). The Morgan fingerprint density at radius 3 is 2.43 bits per heavy atom. The topological polar surface area (TPSA) is 39.1 Å². The van der Waals surface area contributed by atoms with E-state index >= 15 is 0 Å². The molecule has 3 heteroatoms. The van der Waals surface area contributed by atoms with Crippen LogP contribution < -0.4 is 5.32 Å². The first-order valence-electron chi connectivity index (χ1n) is 4.79. The fraction of sp³-hybridized carbons (Fsp3) is 0.364. The average Bonchev–Trinajstić information content (AvgIpc) is 2.26. The third-order valence-electron chi connectivity index (χ3n) is 2.22. The van der Waals surface area contributed by atoms with Gasteiger partial charge in [-0.2, -0.15) is 0 Å². The zero-order valence-electron chi connectivity index (χ0n) is 8.42. The quantitative estimate of drug-likeness (QED) is 0.399. The van der Waals surface area contributed by atoms with E-state index in [-0.39, 0.29) is 0 Å². The van der Waals surface area contributed by atoms with E-state index in [4.69, 9.17) is 5.41 Å². The maximum Gasteiger partial charge on any atom is 0.128 e. The number of hydrogen-bond acceptors (Lipinski definition) is 2. The van der Waals surface area contributed by atoms with Gasteiger partial charge in [-0.25, -0.2) is 0 Å². The molecule has 0 atom stereocenters. The van der Waals surface area contributed by atoms with Gasteiger partial charge in [-0.05, 0) is 0 Å². The largest absolute Gasteiger partial charge is 0.354 e. The van der Waals surface area contributed by atoms with Crippen molar-refractivity contribution in [2.45, 2.75) is 0 Å². The second-order valence-corrected chi connectivity index (χ2v) is 3.15. The van der Waals surface area contributed by atoms with Crippen molar-refractivity contribution in [3.8, 4) is 0 Å². The van der Waals surface area contributed by atoms with Gasteiger partial charge in [-0.15, -0.1) is 0 Å². The van der Waals surface area contributed by atoms with Crippen molar-refractivity contribution in [2.24, 2.45) is 0 Å². The molecule has 0 radical (unpaired) electrons. The lowest BCUT2D eigenvalue weighted by molar-refractivity contribution is 0.356. The molecular weight excluding hydrogens is 174 g/mol. The van der Waals surface area contributed by atoms with Gasteiger partial charge in [0, 0.05) is 31.8 Å². The van der Waals surface area contributed by atoms with Gasteiger partial charge in [-0.3, -0.25) is 5.41 Å². The molecule has 0 amide bonds. The van der Waals surface area contributed by atoms with Gasteiger partial charge in [0.15, 0.2) is 0 Å². The summed E-state index contributed by atoms with van der Waals surface area (Å²) in [6.45, 7) is 11.0. The monoisotopic (exact) mass is 191 g/mol. The number of rotatable bonds is 3. The molecule has 0 aromatic carbocycles. The van der Waals surface area contributed by atoms with Gasteiger partial charge in [-0.1, -0.05) is 31.4 Å². The molecule has 1 fully saturated rings. The van der Waals surface area contributed by atoms with Gasteiger partial charge >= 0.3 is 0 Å². The van der Waals surface area contributed by atoms with E-state index in [1.54, 1.807) is 12.2 Å². The summed E-state index contributed by atoms with van der Waals surface area (Å²) in [5, 5.41) is 11.2. The molecule has 76 valence electrons. The van der Waals surface area contributed by atoms with E-state index in [0.29, 0.717) is 5.84 Å². The van der Waals surface area contributed by atoms with Crippen LogP contribution in [0.3, 0.4) is 0 Å². The molecule has 0 aromatic rings. The lowest BCUT2D eigenvalue weighted by Gasteiger charge is -2.29. The van der Waals surface area contributed by atoms with E-state index in [1.165, 1.54) is 0 Å². The summed E-state index contributed by atoms with van der Waals surface area (Å²) in [6, 6.07) is 0. The van der Waals surface area contributed by atoms with Crippen LogP contribution in [0.2, 0.25) is 0 Å². The Hall–Kier alpha value is -1.35. The predicted molar refractivity (Wildman–Crippen MR) is 60.6 cm³/mol. The zero-order chi connectivity index (χ0) is 10.4. The van der Waals surface area contributed by atoms with Crippen molar-refractivity contribution >= 4 is 5.84 Å². The Balaban J connectivity index is 2.65. The van der Waals surface area contributed by atoms with Crippen LogP contribution >= 0.6 is 0 Å². The Morgan fingerprint density at radius 2 is 1.93 bits per heavy atom. The van der Waals surface area contributed by atoms with E-state index in [2.05, 4.69) is 18.5 Å². The fourth-order valence-corrected chi connectivity index (χ4v) is 1.44. The molecule has 0 bridgehead atoms. The van der Waals surface area contributed by atoms with Crippen molar-refractivity contribution in [1.82, 2.24) is 10.2 Å². The van der Waals surface area contributed by atoms with Gasteiger partial charge in [0.1, 0.15) is 5.84 Å². The second kappa shape index (κ2) is 5.40. The van der Waals surface area contributed by atoms with Gasteiger partial charge in [0.05, 0.1) is 0 Å². The summed E-state index contributed by atoms with van der Waals surface area (Å²) in [4.78, 5) is 2.05. The molecule has 0 spiro atoms. The average molecular weight is 191 g/mol. The summed E-state index contributed by atoms with van der Waals surface area (Å²) in [5.41, 5.74) is 0.835. The molecule has 2 N–H and O–H groups in total. The first kappa shape index (κ1) is 10.7. The summed E-state index contributed by atoms with van der Waals surface area (Å²) in [5.74, 6) is 0.543. The molecule has 14 heavy (non-hydrogen) atoms. The third kappa shape index (κ3) is 2.57. The Kier molecular flexibility index (Phi) is 4.13. The van der Waals surface area contributed by atoms with Crippen molar-refractivity contribution < 1.29 is 0 Å². The highest BCUT2D eigenvalue weighted by atomic mass is 15.2. The van der Waals surface area contributed by atoms with Crippen molar-refractivity contribution in [1.29, 1.82) is 5.41 Å². The van der Waals surface area contributed by atoms with Crippen molar-refractivity contribution in [3.05, 3.63) is 37.0 Å². The minimum absolute atomic E-state index is 0.543. The molecule has 1 saturated heterocycles. The lowest BCUT2D eigenvalue weighted by atomic mass is 10.2. The number of nitrogens with zero attached hydrogens (tertiary/aromatic N) is 1. The Bertz CT molecular complexity index is 260. The Labute approximate surface area is 85.3 Å². The fourth-order valence-electron chi connectivity index (χ4n) is 1.44.